The molecule has 1 aromatic rings. The van der Waals surface area contributed by atoms with Gasteiger partial charge in [-0.15, -0.1) is 0 Å². The first-order chi connectivity index (χ1) is 11.5. The van der Waals surface area contributed by atoms with Crippen molar-refractivity contribution in [3.8, 4) is 0 Å². The number of rotatable bonds is 2. The van der Waals surface area contributed by atoms with Crippen LogP contribution in [0.5, 0.6) is 0 Å². The molecule has 0 radical (unpaired) electrons. The molecule has 1 heterocycles. The van der Waals surface area contributed by atoms with Crippen molar-refractivity contribution in [2.75, 3.05) is 5.73 Å². The van der Waals surface area contributed by atoms with E-state index < -0.39 is 5.91 Å². The van der Waals surface area contributed by atoms with E-state index >= 15 is 0 Å². The van der Waals surface area contributed by atoms with Crippen molar-refractivity contribution in [2.45, 2.75) is 44.9 Å². The molecule has 0 bridgehead atoms. The Labute approximate surface area is 155 Å². The van der Waals surface area contributed by atoms with Gasteiger partial charge in [0.05, 0.1) is 10.7 Å². The first-order valence-electron chi connectivity index (χ1n) is 8.13. The van der Waals surface area contributed by atoms with E-state index in [0.29, 0.717) is 5.92 Å². The second-order valence-electron chi connectivity index (χ2n) is 6.46. The molecule has 2 saturated carbocycles. The number of nitrogens with zero attached hydrogens (tertiary/aromatic N) is 2. The molecule has 0 aliphatic heterocycles. The number of hydrogen-bond donors (Lipinski definition) is 2. The van der Waals surface area contributed by atoms with Gasteiger partial charge in [0.25, 0.3) is 5.91 Å². The van der Waals surface area contributed by atoms with Gasteiger partial charge in [-0.3, -0.25) is 4.79 Å². The summed E-state index contributed by atoms with van der Waals surface area (Å²) in [6, 6.07) is 0. The fraction of sp³-hybridized carbons (Fsp3) is 0.562. The number of carbonyl (C=O) groups is 1. The van der Waals surface area contributed by atoms with Gasteiger partial charge in [0, 0.05) is 5.71 Å². The van der Waals surface area contributed by atoms with Crippen molar-refractivity contribution in [3.63, 3.8) is 0 Å². The van der Waals surface area contributed by atoms with Gasteiger partial charge in [0.2, 0.25) is 0 Å². The van der Waals surface area contributed by atoms with Crippen LogP contribution in [0.15, 0.2) is 5.10 Å². The summed E-state index contributed by atoms with van der Waals surface area (Å²) in [6.45, 7) is 0. The Morgan fingerprint density at radius 1 is 1.12 bits per heavy atom. The smallest absolute Gasteiger partial charge is 0.291 e. The Morgan fingerprint density at radius 2 is 1.83 bits per heavy atom. The van der Waals surface area contributed by atoms with E-state index in [0.717, 1.165) is 30.9 Å². The maximum Gasteiger partial charge on any atom is 0.291 e. The number of amides is 1. The Morgan fingerprint density at radius 3 is 2.58 bits per heavy atom. The number of nitrogens with two attached hydrogens (primary N) is 1. The Hall–Kier alpha value is -1.04. The summed E-state index contributed by atoms with van der Waals surface area (Å²) in [5.74, 6) is 0.980. The molecular weight excluding hydrogens is 371 g/mol. The molecule has 2 atom stereocenters. The van der Waals surface area contributed by atoms with Crippen LogP contribution in [-0.4, -0.2) is 16.6 Å². The largest absolute Gasteiger partial charge is 0.396 e. The van der Waals surface area contributed by atoms with E-state index in [4.69, 9.17) is 40.5 Å². The van der Waals surface area contributed by atoms with Crippen LogP contribution in [0, 0.1) is 11.8 Å². The number of aromatic nitrogens is 1. The SMILES string of the molecule is Nc1c(Cl)c(Cl)nc(C(=O)NN=C2CCC3CCCCC3C2)c1Cl. The lowest BCUT2D eigenvalue weighted by molar-refractivity contribution is 0.0949. The van der Waals surface area contributed by atoms with Crippen molar-refractivity contribution >= 4 is 52.1 Å². The van der Waals surface area contributed by atoms with E-state index in [9.17, 15) is 4.79 Å². The molecule has 5 nitrogen and oxygen atoms in total. The highest BCUT2D eigenvalue weighted by molar-refractivity contribution is 6.46. The molecule has 130 valence electrons. The zero-order chi connectivity index (χ0) is 17.3. The number of pyridine rings is 1. The van der Waals surface area contributed by atoms with Crippen LogP contribution in [0.4, 0.5) is 5.69 Å². The van der Waals surface area contributed by atoms with Crippen molar-refractivity contribution in [1.82, 2.24) is 10.4 Å². The highest BCUT2D eigenvalue weighted by Gasteiger charge is 2.30. The van der Waals surface area contributed by atoms with Crippen LogP contribution in [0.3, 0.4) is 0 Å². The highest BCUT2D eigenvalue weighted by atomic mass is 35.5. The van der Waals surface area contributed by atoms with Gasteiger partial charge in [-0.2, -0.15) is 5.10 Å². The van der Waals surface area contributed by atoms with Crippen molar-refractivity contribution in [1.29, 1.82) is 0 Å². The topological polar surface area (TPSA) is 80.4 Å². The average molecular weight is 390 g/mol. The van der Waals surface area contributed by atoms with Crippen LogP contribution >= 0.6 is 34.8 Å². The molecule has 3 N–H and O–H groups in total. The number of hydrazone groups is 1. The molecule has 2 aliphatic carbocycles. The van der Waals surface area contributed by atoms with E-state index in [1.54, 1.807) is 0 Å². The lowest BCUT2D eigenvalue weighted by Crippen LogP contribution is -2.30. The van der Waals surface area contributed by atoms with Gasteiger partial charge < -0.3 is 5.73 Å². The number of halogens is 3. The monoisotopic (exact) mass is 388 g/mol. The molecule has 2 aliphatic rings. The minimum absolute atomic E-state index is 0.0157. The average Bonchev–Trinajstić information content (AvgIpc) is 2.60. The predicted molar refractivity (Wildman–Crippen MR) is 97.9 cm³/mol. The molecule has 0 saturated heterocycles. The lowest BCUT2D eigenvalue weighted by atomic mass is 9.70. The van der Waals surface area contributed by atoms with E-state index in [2.05, 4.69) is 15.5 Å². The normalized spacial score (nSPS) is 25.4. The molecule has 8 heteroatoms. The number of carbonyl (C=O) groups excluding carboxylic acids is 1. The third-order valence-corrected chi connectivity index (χ3v) is 6.11. The Bertz CT molecular complexity index is 692. The Balaban J connectivity index is 1.69. The van der Waals surface area contributed by atoms with Crippen LogP contribution in [0.25, 0.3) is 0 Å². The second kappa shape index (κ2) is 7.46. The molecular formula is C16H19Cl3N4O. The van der Waals surface area contributed by atoms with Crippen LogP contribution in [-0.2, 0) is 0 Å². The van der Waals surface area contributed by atoms with Crippen molar-refractivity contribution in [2.24, 2.45) is 16.9 Å². The van der Waals surface area contributed by atoms with Gasteiger partial charge in [-0.25, -0.2) is 10.4 Å². The van der Waals surface area contributed by atoms with Crippen molar-refractivity contribution in [3.05, 3.63) is 20.9 Å². The van der Waals surface area contributed by atoms with Crippen molar-refractivity contribution < 1.29 is 4.79 Å². The van der Waals surface area contributed by atoms with E-state index in [1.165, 1.54) is 25.7 Å². The number of nitrogen functional groups attached to an aromatic ring is 1. The summed E-state index contributed by atoms with van der Waals surface area (Å²) in [5, 5.41) is 4.24. The third kappa shape index (κ3) is 3.63. The molecule has 0 spiro atoms. The van der Waals surface area contributed by atoms with Gasteiger partial charge in [0.15, 0.2) is 10.8 Å². The van der Waals surface area contributed by atoms with Gasteiger partial charge >= 0.3 is 0 Å². The molecule has 3 rings (SSSR count). The summed E-state index contributed by atoms with van der Waals surface area (Å²) in [7, 11) is 0. The van der Waals surface area contributed by atoms with Crippen LogP contribution in [0.1, 0.15) is 55.4 Å². The summed E-state index contributed by atoms with van der Waals surface area (Å²) < 4.78 is 0. The van der Waals surface area contributed by atoms with Gasteiger partial charge in [-0.1, -0.05) is 54.1 Å². The van der Waals surface area contributed by atoms with Gasteiger partial charge in [0.1, 0.15) is 5.02 Å². The first kappa shape index (κ1) is 17.8. The number of anilines is 1. The Kier molecular flexibility index (Phi) is 5.52. The fourth-order valence-corrected chi connectivity index (χ4v) is 4.25. The summed E-state index contributed by atoms with van der Waals surface area (Å²) >= 11 is 17.8. The van der Waals surface area contributed by atoms with Crippen LogP contribution in [0.2, 0.25) is 15.2 Å². The predicted octanol–water partition coefficient (Wildman–Crippen LogP) is 4.70. The molecule has 0 aromatic carbocycles. The first-order valence-corrected chi connectivity index (χ1v) is 9.26. The maximum atomic E-state index is 12.3. The number of fused-ring (bicyclic) bond motifs is 1. The highest BCUT2D eigenvalue weighted by Crippen LogP contribution is 2.39. The zero-order valence-corrected chi connectivity index (χ0v) is 15.4. The summed E-state index contributed by atoms with van der Waals surface area (Å²) in [4.78, 5) is 16.2. The molecule has 2 fully saturated rings. The van der Waals surface area contributed by atoms with Gasteiger partial charge in [-0.05, 0) is 37.5 Å². The lowest BCUT2D eigenvalue weighted by Gasteiger charge is -2.35. The van der Waals surface area contributed by atoms with Crippen LogP contribution < -0.4 is 11.2 Å². The fourth-order valence-electron chi connectivity index (χ4n) is 3.66. The molecule has 1 amide bonds. The quantitative estimate of drug-likeness (QED) is 0.568. The zero-order valence-electron chi connectivity index (χ0n) is 13.1. The summed E-state index contributed by atoms with van der Waals surface area (Å²) in [6.07, 6.45) is 8.25. The van der Waals surface area contributed by atoms with E-state index in [1.807, 2.05) is 0 Å². The summed E-state index contributed by atoms with van der Waals surface area (Å²) in [5.41, 5.74) is 9.25. The standard InChI is InChI=1S/C16H19Cl3N4O/c17-11-13(20)12(18)15(19)21-14(11)16(24)23-22-10-6-5-8-3-1-2-4-9(8)7-10/h8-9H,1-7H2,(H2,20,21)(H,23,24). The van der Waals surface area contributed by atoms with E-state index in [-0.39, 0.29) is 26.6 Å². The second-order valence-corrected chi connectivity index (χ2v) is 7.57. The number of nitrogens with one attached hydrogen (secondary N) is 1. The molecule has 24 heavy (non-hydrogen) atoms. The minimum Gasteiger partial charge on any atom is -0.396 e. The molecule has 1 aromatic heterocycles. The molecule has 2 unspecified atom stereocenters. The number of hydrogen-bond acceptors (Lipinski definition) is 4. The minimum atomic E-state index is -0.538. The maximum absolute atomic E-state index is 12.3. The third-order valence-electron chi connectivity index (χ3n) is 4.97.